The quantitative estimate of drug-likeness (QED) is 0.428. The average Bonchev–Trinajstić information content (AvgIpc) is 3.07. The molecule has 4 rings (SSSR count). The van der Waals surface area contributed by atoms with Gasteiger partial charge in [-0.05, 0) is 31.2 Å². The molecule has 0 fully saturated rings. The topological polar surface area (TPSA) is 81.1 Å². The molecule has 0 bridgehead atoms. The van der Waals surface area contributed by atoms with E-state index in [9.17, 15) is 17.6 Å². The van der Waals surface area contributed by atoms with E-state index >= 15 is 0 Å². The summed E-state index contributed by atoms with van der Waals surface area (Å²) in [5, 5.41) is 5.90. The molecule has 0 aliphatic heterocycles. The van der Waals surface area contributed by atoms with Gasteiger partial charge in [-0.25, -0.2) is 22.2 Å². The fourth-order valence-corrected chi connectivity index (χ4v) is 4.16. The maximum Gasteiger partial charge on any atom is 0.267 e. The van der Waals surface area contributed by atoms with Crippen LogP contribution in [0.25, 0.3) is 27.8 Å². The third-order valence-corrected chi connectivity index (χ3v) is 5.85. The fourth-order valence-electron chi connectivity index (χ4n) is 3.29. The van der Waals surface area contributed by atoms with E-state index in [1.54, 1.807) is 22.9 Å². The van der Waals surface area contributed by atoms with Crippen LogP contribution in [0.2, 0.25) is 10.0 Å². The van der Waals surface area contributed by atoms with Gasteiger partial charge in [0.25, 0.3) is 5.91 Å². The predicted molar refractivity (Wildman–Crippen MR) is 124 cm³/mol. The van der Waals surface area contributed by atoms with Gasteiger partial charge in [-0.3, -0.25) is 4.79 Å². The molecule has 0 radical (unpaired) electrons. The highest BCUT2D eigenvalue weighted by atomic mass is 35.5. The summed E-state index contributed by atoms with van der Waals surface area (Å²) < 4.78 is 40.6. The van der Waals surface area contributed by atoms with Crippen molar-refractivity contribution >= 4 is 50.0 Å². The fraction of sp³-hybridized carbons (Fsp3) is 0.0909. The second kappa shape index (κ2) is 8.20. The van der Waals surface area contributed by atoms with Crippen molar-refractivity contribution in [2.45, 2.75) is 6.92 Å². The molecule has 164 valence electrons. The SMILES string of the molecule is Cc1ccc(-c2nn(-c3cc(F)c(C(=O)NS(C)(=O)=O)cc3Cl)c3ccc(Cl)cc23)cc1. The van der Waals surface area contributed by atoms with E-state index in [1.165, 1.54) is 4.68 Å². The molecule has 32 heavy (non-hydrogen) atoms. The first kappa shape index (κ1) is 22.3. The minimum absolute atomic E-state index is 0.0138. The van der Waals surface area contributed by atoms with Crippen LogP contribution in [0.3, 0.4) is 0 Å². The number of benzene rings is 3. The number of carbonyl (C=O) groups excluding carboxylic acids is 1. The second-order valence-electron chi connectivity index (χ2n) is 7.27. The Morgan fingerprint density at radius 2 is 1.75 bits per heavy atom. The van der Waals surface area contributed by atoms with Gasteiger partial charge in [0, 0.05) is 22.0 Å². The number of rotatable bonds is 4. The zero-order chi connectivity index (χ0) is 23.2. The lowest BCUT2D eigenvalue weighted by atomic mass is 10.1. The summed E-state index contributed by atoms with van der Waals surface area (Å²) >= 11 is 12.6. The Labute approximate surface area is 193 Å². The van der Waals surface area contributed by atoms with Crippen LogP contribution in [0.5, 0.6) is 0 Å². The largest absolute Gasteiger partial charge is 0.268 e. The van der Waals surface area contributed by atoms with E-state index in [4.69, 9.17) is 23.2 Å². The van der Waals surface area contributed by atoms with E-state index in [2.05, 4.69) is 5.10 Å². The number of aromatic nitrogens is 2. The van der Waals surface area contributed by atoms with Crippen LogP contribution in [0.1, 0.15) is 15.9 Å². The summed E-state index contributed by atoms with van der Waals surface area (Å²) in [4.78, 5) is 12.1. The number of aryl methyl sites for hydroxylation is 1. The van der Waals surface area contributed by atoms with Gasteiger partial charge in [-0.15, -0.1) is 0 Å². The van der Waals surface area contributed by atoms with E-state index < -0.39 is 27.3 Å². The lowest BCUT2D eigenvalue weighted by molar-refractivity contribution is 0.0978. The number of sulfonamides is 1. The molecule has 0 atom stereocenters. The summed E-state index contributed by atoms with van der Waals surface area (Å²) in [6.45, 7) is 1.97. The lowest BCUT2D eigenvalue weighted by Gasteiger charge is -2.10. The summed E-state index contributed by atoms with van der Waals surface area (Å²) in [6, 6.07) is 15.0. The number of nitrogens with one attached hydrogen (secondary N) is 1. The zero-order valence-corrected chi connectivity index (χ0v) is 19.2. The molecule has 0 aliphatic rings. The van der Waals surface area contributed by atoms with Crippen LogP contribution in [0.15, 0.2) is 54.6 Å². The van der Waals surface area contributed by atoms with E-state index in [1.807, 2.05) is 31.2 Å². The Morgan fingerprint density at radius 1 is 1.06 bits per heavy atom. The molecule has 10 heteroatoms. The molecule has 0 saturated carbocycles. The number of halogens is 3. The third-order valence-electron chi connectivity index (χ3n) is 4.75. The number of hydrogen-bond donors (Lipinski definition) is 1. The summed E-state index contributed by atoms with van der Waals surface area (Å²) in [5.74, 6) is -2.06. The lowest BCUT2D eigenvalue weighted by Crippen LogP contribution is -2.30. The monoisotopic (exact) mass is 491 g/mol. The molecule has 1 amide bonds. The van der Waals surface area contributed by atoms with Crippen LogP contribution in [-0.2, 0) is 10.0 Å². The number of fused-ring (bicyclic) bond motifs is 1. The van der Waals surface area contributed by atoms with Crippen molar-refractivity contribution in [3.8, 4) is 16.9 Å². The molecule has 1 N–H and O–H groups in total. The normalized spacial score (nSPS) is 11.7. The van der Waals surface area contributed by atoms with Gasteiger partial charge < -0.3 is 0 Å². The van der Waals surface area contributed by atoms with Crippen molar-refractivity contribution in [3.05, 3.63) is 81.6 Å². The first-order valence-electron chi connectivity index (χ1n) is 9.30. The Balaban J connectivity index is 1.90. The van der Waals surface area contributed by atoms with Gasteiger partial charge in [-0.2, -0.15) is 5.10 Å². The average molecular weight is 492 g/mol. The molecular weight excluding hydrogens is 476 g/mol. The Kier molecular flexibility index (Phi) is 5.70. The number of amides is 1. The van der Waals surface area contributed by atoms with Crippen LogP contribution >= 0.6 is 23.2 Å². The van der Waals surface area contributed by atoms with Crippen molar-refractivity contribution in [2.24, 2.45) is 0 Å². The van der Waals surface area contributed by atoms with Crippen molar-refractivity contribution < 1.29 is 17.6 Å². The predicted octanol–water partition coefficient (Wildman–Crippen LogP) is 5.14. The van der Waals surface area contributed by atoms with Gasteiger partial charge in [0.2, 0.25) is 10.0 Å². The molecule has 0 saturated heterocycles. The molecule has 0 aliphatic carbocycles. The van der Waals surface area contributed by atoms with Gasteiger partial charge in [-0.1, -0.05) is 53.0 Å². The molecule has 0 spiro atoms. The van der Waals surface area contributed by atoms with Crippen LogP contribution < -0.4 is 4.72 Å². The van der Waals surface area contributed by atoms with Crippen LogP contribution in [0.4, 0.5) is 4.39 Å². The smallest absolute Gasteiger partial charge is 0.267 e. The maximum atomic E-state index is 14.8. The summed E-state index contributed by atoms with van der Waals surface area (Å²) in [5.41, 5.74) is 2.86. The Hall–Kier alpha value is -2.94. The van der Waals surface area contributed by atoms with Crippen molar-refractivity contribution in [1.29, 1.82) is 0 Å². The van der Waals surface area contributed by atoms with E-state index in [-0.39, 0.29) is 10.7 Å². The minimum Gasteiger partial charge on any atom is -0.268 e. The van der Waals surface area contributed by atoms with E-state index in [0.29, 0.717) is 16.2 Å². The van der Waals surface area contributed by atoms with Crippen LogP contribution in [-0.4, -0.2) is 30.4 Å². The number of nitrogens with zero attached hydrogens (tertiary/aromatic N) is 2. The first-order chi connectivity index (χ1) is 15.0. The highest BCUT2D eigenvalue weighted by Crippen LogP contribution is 2.34. The molecule has 3 aromatic carbocycles. The Bertz CT molecular complexity index is 1480. The zero-order valence-electron chi connectivity index (χ0n) is 16.9. The highest BCUT2D eigenvalue weighted by molar-refractivity contribution is 7.89. The molecular formula is C22H16Cl2FN3O3S. The molecule has 0 unspecified atom stereocenters. The van der Waals surface area contributed by atoms with Crippen molar-refractivity contribution in [1.82, 2.24) is 14.5 Å². The van der Waals surface area contributed by atoms with Gasteiger partial charge in [0.05, 0.1) is 28.0 Å². The van der Waals surface area contributed by atoms with Gasteiger partial charge in [0.15, 0.2) is 0 Å². The van der Waals surface area contributed by atoms with E-state index in [0.717, 1.165) is 34.9 Å². The van der Waals surface area contributed by atoms with Crippen molar-refractivity contribution in [2.75, 3.05) is 6.26 Å². The highest BCUT2D eigenvalue weighted by Gasteiger charge is 2.21. The van der Waals surface area contributed by atoms with Crippen LogP contribution in [0, 0.1) is 12.7 Å². The minimum atomic E-state index is -3.87. The molecule has 1 aromatic heterocycles. The molecule has 1 heterocycles. The second-order valence-corrected chi connectivity index (χ2v) is 9.87. The summed E-state index contributed by atoms with van der Waals surface area (Å²) in [7, 11) is -3.87. The van der Waals surface area contributed by atoms with Gasteiger partial charge in [0.1, 0.15) is 11.5 Å². The molecule has 6 nitrogen and oxygen atoms in total. The third kappa shape index (κ3) is 4.34. The number of carbonyl (C=O) groups is 1. The van der Waals surface area contributed by atoms with Gasteiger partial charge >= 0.3 is 0 Å². The Morgan fingerprint density at radius 3 is 2.41 bits per heavy atom. The maximum absolute atomic E-state index is 14.8. The summed E-state index contributed by atoms with van der Waals surface area (Å²) in [6.07, 6.45) is 0.798. The first-order valence-corrected chi connectivity index (χ1v) is 11.9. The number of hydrogen-bond acceptors (Lipinski definition) is 4. The molecule has 4 aromatic rings. The standard InChI is InChI=1S/C22H16Cl2FN3O3S/c1-12-3-5-13(6-4-12)21-16-9-14(23)7-8-19(16)28(26-21)20-11-18(25)15(10-17(20)24)22(29)27-32(2,30)31/h3-11H,1-2H3,(H,27,29). The van der Waals surface area contributed by atoms with Crippen molar-refractivity contribution in [3.63, 3.8) is 0 Å².